The summed E-state index contributed by atoms with van der Waals surface area (Å²) in [5, 5.41) is 16.7. The predicted octanol–water partition coefficient (Wildman–Crippen LogP) is 1.69. The summed E-state index contributed by atoms with van der Waals surface area (Å²) in [5.41, 5.74) is -0.222. The number of halogens is 2. The van der Waals surface area contributed by atoms with E-state index in [0.717, 1.165) is 4.68 Å². The van der Waals surface area contributed by atoms with E-state index >= 15 is 0 Å². The Morgan fingerprint density at radius 1 is 1.17 bits per heavy atom. The highest BCUT2D eigenvalue weighted by atomic mass is 32.2. The Hall–Kier alpha value is -3.79. The number of hydrogen-bond donors (Lipinski definition) is 1. The molecule has 0 amide bonds. The molecule has 0 saturated carbocycles. The normalized spacial score (nSPS) is 15.2. The van der Waals surface area contributed by atoms with Crippen LogP contribution in [0.1, 0.15) is 38.4 Å². The molecule has 4 aromatic rings. The van der Waals surface area contributed by atoms with Crippen molar-refractivity contribution in [3.05, 3.63) is 35.9 Å². The van der Waals surface area contributed by atoms with Crippen LogP contribution >= 0.6 is 0 Å². The molecule has 16 heteroatoms. The number of hydrogen-bond acceptors (Lipinski definition) is 11. The molecule has 1 aliphatic heterocycles. The van der Waals surface area contributed by atoms with Gasteiger partial charge in [-0.05, 0) is 6.07 Å². The number of rotatable bonds is 6. The van der Waals surface area contributed by atoms with Crippen molar-refractivity contribution in [2.24, 2.45) is 5.14 Å². The summed E-state index contributed by atoms with van der Waals surface area (Å²) in [6.45, 7) is 5.20. The molecule has 3 aromatic heterocycles. The van der Waals surface area contributed by atoms with Crippen molar-refractivity contribution in [3.63, 3.8) is 0 Å². The van der Waals surface area contributed by atoms with Gasteiger partial charge in [-0.2, -0.15) is 14.6 Å². The maximum absolute atomic E-state index is 14.7. The van der Waals surface area contributed by atoms with Crippen LogP contribution in [-0.2, 0) is 10.0 Å². The summed E-state index contributed by atoms with van der Waals surface area (Å²) in [5.74, 6) is -1.38. The van der Waals surface area contributed by atoms with E-state index < -0.39 is 32.2 Å². The van der Waals surface area contributed by atoms with Gasteiger partial charge >= 0.3 is 6.01 Å². The van der Waals surface area contributed by atoms with Crippen molar-refractivity contribution >= 4 is 27.2 Å². The van der Waals surface area contributed by atoms with E-state index in [2.05, 4.69) is 30.4 Å². The lowest BCUT2D eigenvalue weighted by molar-refractivity contribution is 0.163. The van der Waals surface area contributed by atoms with Crippen LogP contribution in [0.2, 0.25) is 0 Å². The molecule has 0 radical (unpaired) electrons. The van der Waals surface area contributed by atoms with E-state index in [0.29, 0.717) is 49.9 Å². The van der Waals surface area contributed by atoms with Crippen LogP contribution in [0.3, 0.4) is 0 Å². The third-order valence-corrected chi connectivity index (χ3v) is 6.60. The van der Waals surface area contributed by atoms with Crippen LogP contribution in [-0.4, -0.2) is 62.7 Å². The number of nitrogens with zero attached hydrogens (tertiary/aromatic N) is 8. The Morgan fingerprint density at radius 3 is 2.58 bits per heavy atom. The van der Waals surface area contributed by atoms with Crippen molar-refractivity contribution in [1.82, 2.24) is 35.1 Å². The molecule has 0 unspecified atom stereocenters. The molecule has 1 aliphatic rings. The van der Waals surface area contributed by atoms with Gasteiger partial charge < -0.3 is 14.2 Å². The van der Waals surface area contributed by atoms with Gasteiger partial charge in [0.1, 0.15) is 28.8 Å². The SMILES string of the molecule is CC(C)c1noc(N2CCC(Oc3ncnc4c3nnn4-c3cc(F)c(S(N)(=O)=O)cc3F)CC2)n1. The molecule has 1 fully saturated rings. The first-order valence-corrected chi connectivity index (χ1v) is 12.5. The maximum Gasteiger partial charge on any atom is 0.324 e. The monoisotopic (exact) mass is 521 g/mol. The lowest BCUT2D eigenvalue weighted by Gasteiger charge is -2.30. The number of benzene rings is 1. The summed E-state index contributed by atoms with van der Waals surface area (Å²) in [7, 11) is -4.45. The highest BCUT2D eigenvalue weighted by molar-refractivity contribution is 7.89. The van der Waals surface area contributed by atoms with Crippen LogP contribution in [0.5, 0.6) is 5.88 Å². The summed E-state index contributed by atoms with van der Waals surface area (Å²) in [6.07, 6.45) is 2.24. The molecule has 0 spiro atoms. The van der Waals surface area contributed by atoms with E-state index in [9.17, 15) is 17.2 Å². The second kappa shape index (κ2) is 9.02. The Labute approximate surface area is 203 Å². The molecule has 1 aromatic carbocycles. The van der Waals surface area contributed by atoms with Crippen LogP contribution in [0.25, 0.3) is 16.9 Å². The summed E-state index contributed by atoms with van der Waals surface area (Å²) in [4.78, 5) is 13.6. The molecule has 13 nitrogen and oxygen atoms in total. The highest BCUT2D eigenvalue weighted by Crippen LogP contribution is 2.28. The Kier molecular flexibility index (Phi) is 5.99. The molecular formula is C20H21F2N9O4S. The van der Waals surface area contributed by atoms with E-state index in [-0.39, 0.29) is 29.1 Å². The smallest absolute Gasteiger partial charge is 0.324 e. The lowest BCUT2D eigenvalue weighted by Crippen LogP contribution is -2.38. The molecule has 36 heavy (non-hydrogen) atoms. The molecule has 1 saturated heterocycles. The van der Waals surface area contributed by atoms with Gasteiger partial charge in [-0.3, -0.25) is 0 Å². The van der Waals surface area contributed by atoms with Crippen molar-refractivity contribution < 1.29 is 26.5 Å². The minimum absolute atomic E-state index is 0.0474. The second-order valence-electron chi connectivity index (χ2n) is 8.53. The fraction of sp³-hybridized carbons (Fsp3) is 0.400. The summed E-state index contributed by atoms with van der Waals surface area (Å²) in [6, 6.07) is 1.60. The fourth-order valence-corrected chi connectivity index (χ4v) is 4.39. The number of ether oxygens (including phenoxy) is 1. The van der Waals surface area contributed by atoms with Gasteiger partial charge in [-0.15, -0.1) is 5.10 Å². The molecule has 0 atom stereocenters. The number of aromatic nitrogens is 7. The van der Waals surface area contributed by atoms with E-state index in [4.69, 9.17) is 14.4 Å². The minimum Gasteiger partial charge on any atom is -0.472 e. The van der Waals surface area contributed by atoms with Crippen molar-refractivity contribution in [2.75, 3.05) is 18.0 Å². The first kappa shape index (κ1) is 23.9. The molecule has 2 N–H and O–H groups in total. The Morgan fingerprint density at radius 2 is 1.92 bits per heavy atom. The number of sulfonamides is 1. The molecule has 0 bridgehead atoms. The second-order valence-corrected chi connectivity index (χ2v) is 10.1. The first-order valence-electron chi connectivity index (χ1n) is 11.0. The van der Waals surface area contributed by atoms with Gasteiger partial charge in [0.25, 0.3) is 0 Å². The third kappa shape index (κ3) is 4.44. The molecule has 0 aliphatic carbocycles. The lowest BCUT2D eigenvalue weighted by atomic mass is 10.1. The van der Waals surface area contributed by atoms with Gasteiger partial charge in [-0.1, -0.05) is 24.2 Å². The minimum atomic E-state index is -4.45. The molecule has 190 valence electrons. The number of fused-ring (bicyclic) bond motifs is 1. The molecule has 4 heterocycles. The standard InChI is InChI=1S/C20H21F2N9O4S/c1-10(2)17-26-20(35-28-17)30-5-3-11(4-6-30)34-19-16-18(24-9-25-19)31(29-27-16)14-7-13(22)15(8-12(14)21)36(23,32)33/h7-11H,3-6H2,1-2H3,(H2,23,32,33). The fourth-order valence-electron chi connectivity index (χ4n) is 3.79. The summed E-state index contributed by atoms with van der Waals surface area (Å²) < 4.78 is 64.3. The first-order chi connectivity index (χ1) is 17.1. The van der Waals surface area contributed by atoms with Gasteiger partial charge in [0.15, 0.2) is 22.8 Å². The maximum atomic E-state index is 14.7. The van der Waals surface area contributed by atoms with E-state index in [1.165, 1.54) is 6.33 Å². The topological polar surface area (TPSA) is 168 Å². The average molecular weight is 522 g/mol. The number of nitrogens with two attached hydrogens (primary N) is 1. The third-order valence-electron chi connectivity index (χ3n) is 5.68. The van der Waals surface area contributed by atoms with Crippen molar-refractivity contribution in [3.8, 4) is 11.6 Å². The Balaban J connectivity index is 1.35. The van der Waals surface area contributed by atoms with Crippen LogP contribution < -0.4 is 14.8 Å². The zero-order chi connectivity index (χ0) is 25.6. The van der Waals surface area contributed by atoms with E-state index in [1.807, 2.05) is 18.7 Å². The zero-order valence-corrected chi connectivity index (χ0v) is 20.0. The largest absolute Gasteiger partial charge is 0.472 e. The predicted molar refractivity (Wildman–Crippen MR) is 120 cm³/mol. The average Bonchev–Trinajstić information content (AvgIpc) is 3.49. The van der Waals surface area contributed by atoms with Crippen LogP contribution in [0, 0.1) is 11.6 Å². The Bertz CT molecular complexity index is 1530. The van der Waals surface area contributed by atoms with Gasteiger partial charge in [0, 0.05) is 37.9 Å². The van der Waals surface area contributed by atoms with Gasteiger partial charge in [0.2, 0.25) is 15.9 Å². The van der Waals surface area contributed by atoms with Crippen LogP contribution in [0.4, 0.5) is 14.8 Å². The quantitative estimate of drug-likeness (QED) is 0.392. The number of piperidine rings is 1. The van der Waals surface area contributed by atoms with Crippen molar-refractivity contribution in [2.45, 2.75) is 43.6 Å². The zero-order valence-electron chi connectivity index (χ0n) is 19.2. The molecule has 5 rings (SSSR count). The van der Waals surface area contributed by atoms with Gasteiger partial charge in [0.05, 0.1) is 0 Å². The van der Waals surface area contributed by atoms with Gasteiger partial charge in [-0.25, -0.2) is 27.3 Å². The summed E-state index contributed by atoms with van der Waals surface area (Å²) >= 11 is 0. The number of anilines is 1. The molecular weight excluding hydrogens is 500 g/mol. The van der Waals surface area contributed by atoms with E-state index in [1.54, 1.807) is 0 Å². The highest BCUT2D eigenvalue weighted by Gasteiger charge is 2.27. The van der Waals surface area contributed by atoms with Crippen LogP contribution in [0.15, 0.2) is 27.9 Å². The number of primary sulfonamides is 1. The van der Waals surface area contributed by atoms with Crippen molar-refractivity contribution in [1.29, 1.82) is 0 Å².